The van der Waals surface area contributed by atoms with Gasteiger partial charge >= 0.3 is 0 Å². The smallest absolute Gasteiger partial charge is 0.256 e. The first-order valence-electron chi connectivity index (χ1n) is 7.37. The van der Waals surface area contributed by atoms with Crippen molar-refractivity contribution in [3.8, 4) is 11.6 Å². The Bertz CT molecular complexity index is 409. The van der Waals surface area contributed by atoms with Gasteiger partial charge in [0.1, 0.15) is 0 Å². The number of aliphatic hydroxyl groups excluding tert-OH is 1. The number of methoxy groups -OCH3 is 2. The fourth-order valence-electron chi connectivity index (χ4n) is 2.04. The van der Waals surface area contributed by atoms with Crippen LogP contribution < -0.4 is 9.47 Å². The molecule has 1 unspecified atom stereocenters. The lowest BCUT2D eigenvalue weighted by molar-refractivity contribution is 0.170. The summed E-state index contributed by atoms with van der Waals surface area (Å²) in [6.07, 6.45) is 3.38. The second-order valence-electron chi connectivity index (χ2n) is 5.44. The van der Waals surface area contributed by atoms with Crippen molar-refractivity contribution in [2.24, 2.45) is 11.8 Å². The molecule has 0 spiro atoms. The van der Waals surface area contributed by atoms with Gasteiger partial charge in [-0.1, -0.05) is 13.8 Å². The van der Waals surface area contributed by atoms with E-state index in [0.717, 1.165) is 18.4 Å². The number of hydrogen-bond donors (Lipinski definition) is 1. The first-order valence-corrected chi connectivity index (χ1v) is 7.37. The maximum absolute atomic E-state index is 9.44. The van der Waals surface area contributed by atoms with Crippen molar-refractivity contribution in [2.75, 3.05) is 34.0 Å². The summed E-state index contributed by atoms with van der Waals surface area (Å²) in [4.78, 5) is 4.28. The molecule has 0 aliphatic carbocycles. The van der Waals surface area contributed by atoms with E-state index in [0.29, 0.717) is 30.8 Å². The van der Waals surface area contributed by atoms with E-state index in [1.807, 2.05) is 6.07 Å². The van der Waals surface area contributed by atoms with Gasteiger partial charge in [0.05, 0.1) is 13.7 Å². The molecule has 21 heavy (non-hydrogen) atoms. The van der Waals surface area contributed by atoms with Crippen molar-refractivity contribution in [3.63, 3.8) is 0 Å². The maximum Gasteiger partial charge on any atom is 0.256 e. The van der Waals surface area contributed by atoms with E-state index in [-0.39, 0.29) is 12.5 Å². The van der Waals surface area contributed by atoms with E-state index in [1.165, 1.54) is 0 Å². The summed E-state index contributed by atoms with van der Waals surface area (Å²) in [5.41, 5.74) is 1.05. The van der Waals surface area contributed by atoms with Crippen molar-refractivity contribution < 1.29 is 19.3 Å². The molecule has 0 aliphatic rings. The Labute approximate surface area is 127 Å². The zero-order valence-electron chi connectivity index (χ0n) is 13.5. The molecule has 0 saturated carbocycles. The van der Waals surface area contributed by atoms with Gasteiger partial charge in [-0.05, 0) is 29.9 Å². The van der Waals surface area contributed by atoms with Gasteiger partial charge in [-0.25, -0.2) is 4.98 Å². The van der Waals surface area contributed by atoms with Crippen molar-refractivity contribution in [1.29, 1.82) is 0 Å². The van der Waals surface area contributed by atoms with Crippen LogP contribution in [-0.2, 0) is 11.2 Å². The van der Waals surface area contributed by atoms with Crippen LogP contribution in [0, 0.1) is 11.8 Å². The van der Waals surface area contributed by atoms with Gasteiger partial charge in [0.25, 0.3) is 5.88 Å². The first-order chi connectivity index (χ1) is 10.1. The second kappa shape index (κ2) is 9.58. The Kier molecular flexibility index (Phi) is 8.08. The third-order valence-corrected chi connectivity index (χ3v) is 3.49. The summed E-state index contributed by atoms with van der Waals surface area (Å²) in [6, 6.07) is 1.95. The van der Waals surface area contributed by atoms with E-state index >= 15 is 0 Å². The van der Waals surface area contributed by atoms with E-state index in [4.69, 9.17) is 14.2 Å². The highest BCUT2D eigenvalue weighted by atomic mass is 16.5. The van der Waals surface area contributed by atoms with Gasteiger partial charge in [-0.3, -0.25) is 0 Å². The van der Waals surface area contributed by atoms with Crippen LogP contribution >= 0.6 is 0 Å². The Hall–Kier alpha value is -1.33. The third-order valence-electron chi connectivity index (χ3n) is 3.49. The molecular weight excluding hydrogens is 270 g/mol. The predicted octanol–water partition coefficient (Wildman–Crippen LogP) is 2.31. The Balaban J connectivity index is 2.74. The second-order valence-corrected chi connectivity index (χ2v) is 5.44. The molecule has 0 amide bonds. The summed E-state index contributed by atoms with van der Waals surface area (Å²) in [5.74, 6) is 1.78. The van der Waals surface area contributed by atoms with Crippen LogP contribution in [0.2, 0.25) is 0 Å². The van der Waals surface area contributed by atoms with Crippen molar-refractivity contribution in [2.45, 2.75) is 26.7 Å². The molecule has 1 heterocycles. The molecule has 0 saturated heterocycles. The predicted molar refractivity (Wildman–Crippen MR) is 81.9 cm³/mol. The minimum absolute atomic E-state index is 0.174. The highest BCUT2D eigenvalue weighted by Crippen LogP contribution is 2.27. The molecule has 0 radical (unpaired) electrons. The molecule has 0 aromatic carbocycles. The summed E-state index contributed by atoms with van der Waals surface area (Å²) >= 11 is 0. The molecule has 5 nitrogen and oxygen atoms in total. The molecule has 0 bridgehead atoms. The zero-order chi connectivity index (χ0) is 15.7. The van der Waals surface area contributed by atoms with Crippen molar-refractivity contribution in [1.82, 2.24) is 4.98 Å². The zero-order valence-corrected chi connectivity index (χ0v) is 13.5. The lowest BCUT2D eigenvalue weighted by Gasteiger charge is -2.18. The SMILES string of the molecule is COCCCOc1cc(CC(CO)C(C)C)cnc1OC. The number of ether oxygens (including phenoxy) is 3. The molecule has 1 aromatic rings. The van der Waals surface area contributed by atoms with Gasteiger partial charge < -0.3 is 19.3 Å². The van der Waals surface area contributed by atoms with Crippen LogP contribution in [0.15, 0.2) is 12.3 Å². The fraction of sp³-hybridized carbons (Fsp3) is 0.688. The third kappa shape index (κ3) is 5.89. The lowest BCUT2D eigenvalue weighted by atomic mass is 9.90. The largest absolute Gasteiger partial charge is 0.488 e. The monoisotopic (exact) mass is 297 g/mol. The van der Waals surface area contributed by atoms with Crippen LogP contribution in [0.1, 0.15) is 25.8 Å². The number of rotatable bonds is 10. The molecule has 1 atom stereocenters. The van der Waals surface area contributed by atoms with E-state index in [9.17, 15) is 5.11 Å². The minimum atomic E-state index is 0.174. The summed E-state index contributed by atoms with van der Waals surface area (Å²) in [5, 5.41) is 9.44. The Morgan fingerprint density at radius 3 is 2.57 bits per heavy atom. The molecular formula is C16H27NO4. The number of hydrogen-bond acceptors (Lipinski definition) is 5. The quantitative estimate of drug-likeness (QED) is 0.672. The maximum atomic E-state index is 9.44. The van der Waals surface area contributed by atoms with Gasteiger partial charge in [0.2, 0.25) is 0 Å². The van der Waals surface area contributed by atoms with Crippen LogP contribution in [0.25, 0.3) is 0 Å². The molecule has 0 fully saturated rings. The average molecular weight is 297 g/mol. The van der Waals surface area contributed by atoms with E-state index in [1.54, 1.807) is 20.4 Å². The van der Waals surface area contributed by atoms with Crippen LogP contribution in [0.3, 0.4) is 0 Å². The number of aromatic nitrogens is 1. The standard InChI is InChI=1S/C16H27NO4/c1-12(2)14(11-18)8-13-9-15(16(20-4)17-10-13)21-7-5-6-19-3/h9-10,12,14,18H,5-8,11H2,1-4H3. The van der Waals surface area contributed by atoms with Crippen LogP contribution in [0.4, 0.5) is 0 Å². The molecule has 5 heteroatoms. The van der Waals surface area contributed by atoms with Gasteiger partial charge in [0.15, 0.2) is 5.75 Å². The van der Waals surface area contributed by atoms with Gasteiger partial charge in [-0.15, -0.1) is 0 Å². The summed E-state index contributed by atoms with van der Waals surface area (Å²) < 4.78 is 15.9. The van der Waals surface area contributed by atoms with E-state index < -0.39 is 0 Å². The van der Waals surface area contributed by atoms with E-state index in [2.05, 4.69) is 18.8 Å². The fourth-order valence-corrected chi connectivity index (χ4v) is 2.04. The van der Waals surface area contributed by atoms with Crippen LogP contribution in [-0.4, -0.2) is 44.1 Å². The Morgan fingerprint density at radius 1 is 1.24 bits per heavy atom. The molecule has 0 aliphatic heterocycles. The summed E-state index contributed by atoms with van der Waals surface area (Å²) in [6.45, 7) is 5.62. The average Bonchev–Trinajstić information content (AvgIpc) is 2.49. The highest BCUT2D eigenvalue weighted by Gasteiger charge is 2.15. The number of nitrogens with zero attached hydrogens (tertiary/aromatic N) is 1. The molecule has 1 rings (SSSR count). The normalized spacial score (nSPS) is 12.5. The topological polar surface area (TPSA) is 60.8 Å². The summed E-state index contributed by atoms with van der Waals surface area (Å²) in [7, 11) is 3.25. The Morgan fingerprint density at radius 2 is 2.00 bits per heavy atom. The van der Waals surface area contributed by atoms with Crippen molar-refractivity contribution >= 4 is 0 Å². The molecule has 1 aromatic heterocycles. The van der Waals surface area contributed by atoms with Crippen molar-refractivity contribution in [3.05, 3.63) is 17.8 Å². The minimum Gasteiger partial charge on any atom is -0.488 e. The van der Waals surface area contributed by atoms with Gasteiger partial charge in [0, 0.05) is 32.9 Å². The molecule has 120 valence electrons. The molecule has 1 N–H and O–H groups in total. The highest BCUT2D eigenvalue weighted by molar-refractivity contribution is 5.36. The first kappa shape index (κ1) is 17.7. The number of aliphatic hydroxyl groups is 1. The lowest BCUT2D eigenvalue weighted by Crippen LogP contribution is -2.16. The van der Waals surface area contributed by atoms with Crippen LogP contribution in [0.5, 0.6) is 11.6 Å². The number of pyridine rings is 1. The van der Waals surface area contributed by atoms with Gasteiger partial charge in [-0.2, -0.15) is 0 Å².